The lowest BCUT2D eigenvalue weighted by Gasteiger charge is -2.39. The van der Waals surface area contributed by atoms with E-state index < -0.39 is 20.0 Å². The quantitative estimate of drug-likeness (QED) is 0.533. The van der Waals surface area contributed by atoms with Crippen LogP contribution in [0, 0.1) is 0 Å². The first-order chi connectivity index (χ1) is 17.6. The van der Waals surface area contributed by atoms with Crippen molar-refractivity contribution < 1.29 is 18.8 Å². The molecule has 1 unspecified atom stereocenters. The summed E-state index contributed by atoms with van der Waals surface area (Å²) in [5.41, 5.74) is 1.05. The maximum atomic E-state index is 14.1. The van der Waals surface area contributed by atoms with E-state index in [1.165, 1.54) is 0 Å². The van der Waals surface area contributed by atoms with Crippen molar-refractivity contribution in [3.05, 3.63) is 57.8 Å². The van der Waals surface area contributed by atoms with Crippen LogP contribution in [0.5, 0.6) is 0 Å². The maximum absolute atomic E-state index is 14.1. The van der Waals surface area contributed by atoms with Gasteiger partial charge in [-0.3, -0.25) is 13.9 Å². The smallest absolute Gasteiger partial charge is 0.410 e. The Morgan fingerprint density at radius 1 is 0.974 bits per heavy atom. The van der Waals surface area contributed by atoms with E-state index in [0.29, 0.717) is 44.1 Å². The third-order valence-electron chi connectivity index (χ3n) is 7.70. The fourth-order valence-corrected chi connectivity index (χ4v) is 6.09. The molecule has 0 saturated carbocycles. The van der Waals surface area contributed by atoms with Crippen molar-refractivity contribution in [2.45, 2.75) is 97.6 Å². The number of carbonyl (C=O) groups excluding carboxylic acids is 2. The molecule has 0 aliphatic carbocycles. The van der Waals surface area contributed by atoms with Gasteiger partial charge in [0.15, 0.2) is 8.32 Å². The lowest BCUT2D eigenvalue weighted by Crippen LogP contribution is -2.48. The highest BCUT2D eigenvalue weighted by molar-refractivity contribution is 6.74. The molecule has 3 heterocycles. The van der Waals surface area contributed by atoms with Gasteiger partial charge in [0, 0.05) is 26.2 Å². The van der Waals surface area contributed by atoms with E-state index in [-0.39, 0.29) is 29.3 Å². The number of carbonyl (C=O) groups is 2. The molecule has 208 valence electrons. The minimum absolute atomic E-state index is 0.0186. The van der Waals surface area contributed by atoms with Crippen LogP contribution < -0.4 is 5.69 Å². The molecule has 0 bridgehead atoms. The van der Waals surface area contributed by atoms with Crippen molar-refractivity contribution in [3.8, 4) is 0 Å². The van der Waals surface area contributed by atoms with E-state index in [2.05, 4.69) is 33.9 Å². The largest absolute Gasteiger partial charge is 0.444 e. The van der Waals surface area contributed by atoms with Crippen LogP contribution in [0.3, 0.4) is 0 Å². The zero-order valence-corrected chi connectivity index (χ0v) is 25.0. The minimum Gasteiger partial charge on any atom is -0.444 e. The van der Waals surface area contributed by atoms with E-state index in [0.717, 1.165) is 5.56 Å². The van der Waals surface area contributed by atoms with E-state index in [9.17, 15) is 14.4 Å². The topological polar surface area (TPSA) is 86.0 Å². The first-order valence-electron chi connectivity index (χ1n) is 13.4. The summed E-state index contributed by atoms with van der Waals surface area (Å²) < 4.78 is 15.6. The fourth-order valence-electron chi connectivity index (χ4n) is 4.75. The molecule has 0 saturated heterocycles. The van der Waals surface area contributed by atoms with Gasteiger partial charge in [0.05, 0.1) is 24.9 Å². The lowest BCUT2D eigenvalue weighted by atomic mass is 10.2. The normalized spacial score (nSPS) is 18.6. The second-order valence-electron chi connectivity index (χ2n) is 12.9. The second-order valence-corrected chi connectivity index (χ2v) is 17.7. The SMILES string of the molecule is CC(C)(C)OC(=O)N1CCn2c(c3n(c2=O)CC(O[Si](C)(C)C(C)(C)C)CN(Cc2ccccc2)C3=O)C1. The minimum atomic E-state index is -2.19. The first kappa shape index (κ1) is 28.2. The van der Waals surface area contributed by atoms with E-state index >= 15 is 0 Å². The molecule has 2 aromatic rings. The van der Waals surface area contributed by atoms with E-state index in [1.807, 2.05) is 51.1 Å². The van der Waals surface area contributed by atoms with Gasteiger partial charge >= 0.3 is 11.8 Å². The summed E-state index contributed by atoms with van der Waals surface area (Å²) in [6.45, 7) is 18.3. The van der Waals surface area contributed by atoms with Crippen molar-refractivity contribution >= 4 is 20.3 Å². The molecule has 1 aromatic heterocycles. The number of rotatable bonds is 4. The van der Waals surface area contributed by atoms with Gasteiger partial charge < -0.3 is 19.0 Å². The molecule has 1 atom stereocenters. The molecular formula is C28H42N4O5Si. The Kier molecular flexibility index (Phi) is 7.44. The average molecular weight is 543 g/mol. The summed E-state index contributed by atoms with van der Waals surface area (Å²) in [6, 6.07) is 9.85. The molecule has 38 heavy (non-hydrogen) atoms. The van der Waals surface area contributed by atoms with Crippen LogP contribution in [-0.2, 0) is 35.3 Å². The zero-order chi connectivity index (χ0) is 28.0. The van der Waals surface area contributed by atoms with Crippen molar-refractivity contribution in [2.75, 3.05) is 13.1 Å². The van der Waals surface area contributed by atoms with Crippen molar-refractivity contribution in [1.82, 2.24) is 18.9 Å². The predicted molar refractivity (Wildman–Crippen MR) is 149 cm³/mol. The van der Waals surface area contributed by atoms with Crippen LogP contribution >= 0.6 is 0 Å². The van der Waals surface area contributed by atoms with Crippen molar-refractivity contribution in [3.63, 3.8) is 0 Å². The number of hydrogen-bond acceptors (Lipinski definition) is 5. The van der Waals surface area contributed by atoms with E-state index in [4.69, 9.17) is 9.16 Å². The van der Waals surface area contributed by atoms with Crippen LogP contribution in [0.4, 0.5) is 4.79 Å². The fraction of sp³-hybridized carbons (Fsp3) is 0.607. The Balaban J connectivity index is 1.74. The summed E-state index contributed by atoms with van der Waals surface area (Å²) in [4.78, 5) is 43.9. The summed E-state index contributed by atoms with van der Waals surface area (Å²) in [7, 11) is -2.19. The molecule has 0 spiro atoms. The van der Waals surface area contributed by atoms with Crippen LogP contribution in [0.2, 0.25) is 18.1 Å². The van der Waals surface area contributed by atoms with Gasteiger partial charge in [0.25, 0.3) is 5.91 Å². The number of aromatic nitrogens is 2. The predicted octanol–water partition coefficient (Wildman–Crippen LogP) is 4.45. The standard InChI is InChI=1S/C28H42N4O5Si/c1-27(2,3)36-26(35)29-14-15-31-22(19-29)23-24(33)30(16-20-12-10-9-11-13-20)17-21(18-32(23)25(31)34)37-38(7,8)28(4,5)6/h9-13,21H,14-19H2,1-8H3. The molecule has 0 radical (unpaired) electrons. The molecule has 4 rings (SSSR count). The molecular weight excluding hydrogens is 500 g/mol. The van der Waals surface area contributed by atoms with E-state index in [1.54, 1.807) is 18.9 Å². The highest BCUT2D eigenvalue weighted by Crippen LogP contribution is 2.38. The summed E-state index contributed by atoms with van der Waals surface area (Å²) in [6.07, 6.45) is -0.772. The van der Waals surface area contributed by atoms with Gasteiger partial charge in [-0.25, -0.2) is 9.59 Å². The monoisotopic (exact) mass is 542 g/mol. The molecule has 9 nitrogen and oxygen atoms in total. The van der Waals surface area contributed by atoms with Gasteiger partial charge in [0.1, 0.15) is 11.3 Å². The summed E-state index contributed by atoms with van der Waals surface area (Å²) in [5, 5.41) is -0.0186. The average Bonchev–Trinajstić information content (AvgIpc) is 2.99. The number of fused-ring (bicyclic) bond motifs is 3. The number of nitrogens with zero attached hydrogens (tertiary/aromatic N) is 4. The van der Waals surface area contributed by atoms with Crippen LogP contribution in [0.15, 0.2) is 35.1 Å². The van der Waals surface area contributed by atoms with Crippen LogP contribution in [0.1, 0.15) is 63.3 Å². The third-order valence-corrected chi connectivity index (χ3v) is 12.2. The Labute approximate surface area is 226 Å². The Bertz CT molecular complexity index is 1250. The van der Waals surface area contributed by atoms with Gasteiger partial charge in [-0.2, -0.15) is 0 Å². The molecule has 1 aromatic carbocycles. The maximum Gasteiger partial charge on any atom is 0.410 e. The highest BCUT2D eigenvalue weighted by atomic mass is 28.4. The second kappa shape index (κ2) is 10.0. The van der Waals surface area contributed by atoms with Gasteiger partial charge in [-0.15, -0.1) is 0 Å². The number of benzene rings is 1. The number of ether oxygens (including phenoxy) is 1. The Hall–Kier alpha value is -2.85. The molecule has 2 amide bonds. The molecule has 0 N–H and O–H groups in total. The summed E-state index contributed by atoms with van der Waals surface area (Å²) >= 11 is 0. The Morgan fingerprint density at radius 3 is 2.24 bits per heavy atom. The third kappa shape index (κ3) is 5.76. The molecule has 0 fully saturated rings. The lowest BCUT2D eigenvalue weighted by molar-refractivity contribution is 0.0195. The van der Waals surface area contributed by atoms with Crippen LogP contribution in [-0.4, -0.2) is 64.0 Å². The Morgan fingerprint density at radius 2 is 1.63 bits per heavy atom. The first-order valence-corrected chi connectivity index (χ1v) is 16.3. The summed E-state index contributed by atoms with van der Waals surface area (Å²) in [5.74, 6) is -0.216. The van der Waals surface area contributed by atoms with Gasteiger partial charge in [-0.1, -0.05) is 51.1 Å². The number of imidazole rings is 1. The number of amides is 2. The number of hydrogen-bond donors (Lipinski definition) is 0. The molecule has 10 heteroatoms. The zero-order valence-electron chi connectivity index (χ0n) is 24.0. The molecule has 2 aliphatic heterocycles. The van der Waals surface area contributed by atoms with Crippen molar-refractivity contribution in [2.24, 2.45) is 0 Å². The van der Waals surface area contributed by atoms with Gasteiger partial charge in [0.2, 0.25) is 0 Å². The molecule has 2 aliphatic rings. The van der Waals surface area contributed by atoms with Gasteiger partial charge in [-0.05, 0) is 44.5 Å². The van der Waals surface area contributed by atoms with Crippen LogP contribution in [0.25, 0.3) is 0 Å². The van der Waals surface area contributed by atoms with Crippen molar-refractivity contribution in [1.29, 1.82) is 0 Å². The highest BCUT2D eigenvalue weighted by Gasteiger charge is 2.43.